The van der Waals surface area contributed by atoms with Gasteiger partial charge in [-0.3, -0.25) is 4.79 Å². The van der Waals surface area contributed by atoms with Gasteiger partial charge in [-0.15, -0.1) is 0 Å². The Bertz CT molecular complexity index is 1140. The molecule has 31 heavy (non-hydrogen) atoms. The van der Waals surface area contributed by atoms with Crippen LogP contribution in [0.2, 0.25) is 0 Å². The van der Waals surface area contributed by atoms with Crippen molar-refractivity contribution in [3.63, 3.8) is 0 Å². The molecule has 0 amide bonds. The maximum absolute atomic E-state index is 13.6. The number of hydrogen-bond donors (Lipinski definition) is 0. The van der Waals surface area contributed by atoms with Crippen molar-refractivity contribution < 1.29 is 9.53 Å². The first kappa shape index (κ1) is 20.6. The molecule has 0 saturated heterocycles. The predicted molar refractivity (Wildman–Crippen MR) is 127 cm³/mol. The van der Waals surface area contributed by atoms with Crippen molar-refractivity contribution in [3.8, 4) is 16.9 Å². The van der Waals surface area contributed by atoms with E-state index in [4.69, 9.17) is 4.74 Å². The fraction of sp³-hybridized carbons (Fsp3) is 0.138. The van der Waals surface area contributed by atoms with E-state index in [1.54, 1.807) is 7.11 Å². The zero-order valence-electron chi connectivity index (χ0n) is 17.9. The van der Waals surface area contributed by atoms with Gasteiger partial charge in [-0.25, -0.2) is 0 Å². The Morgan fingerprint density at radius 3 is 2.00 bits per heavy atom. The number of ether oxygens (including phenoxy) is 1. The molecule has 0 bridgehead atoms. The summed E-state index contributed by atoms with van der Waals surface area (Å²) in [7, 11) is 1.63. The zero-order valence-corrected chi connectivity index (χ0v) is 17.9. The first-order chi connectivity index (χ1) is 15.2. The van der Waals surface area contributed by atoms with Crippen molar-refractivity contribution in [1.29, 1.82) is 0 Å². The highest BCUT2D eigenvalue weighted by molar-refractivity contribution is 6.01. The van der Waals surface area contributed by atoms with Crippen LogP contribution in [0.1, 0.15) is 33.0 Å². The van der Waals surface area contributed by atoms with E-state index in [2.05, 4.69) is 55.5 Å². The van der Waals surface area contributed by atoms with Crippen LogP contribution in [0.25, 0.3) is 11.1 Å². The highest BCUT2D eigenvalue weighted by Gasteiger charge is 2.23. The second-order valence-corrected chi connectivity index (χ2v) is 7.76. The van der Waals surface area contributed by atoms with Gasteiger partial charge >= 0.3 is 0 Å². The Balaban J connectivity index is 1.69. The number of aryl methyl sites for hydroxylation is 1. The van der Waals surface area contributed by atoms with Gasteiger partial charge in [-0.1, -0.05) is 78.9 Å². The third kappa shape index (κ3) is 4.75. The number of hydrogen-bond acceptors (Lipinski definition) is 2. The number of carbonyl (C=O) groups is 1. The Morgan fingerprint density at radius 1 is 0.742 bits per heavy atom. The van der Waals surface area contributed by atoms with Crippen LogP contribution in [0.5, 0.6) is 5.75 Å². The minimum absolute atomic E-state index is 0.123. The van der Waals surface area contributed by atoms with Crippen LogP contribution in [0.3, 0.4) is 0 Å². The van der Waals surface area contributed by atoms with E-state index in [0.29, 0.717) is 12.0 Å². The number of carbonyl (C=O) groups excluding carboxylic acids is 1. The van der Waals surface area contributed by atoms with E-state index in [9.17, 15) is 4.79 Å². The summed E-state index contributed by atoms with van der Waals surface area (Å²) in [6, 6.07) is 34.4. The Morgan fingerprint density at radius 2 is 1.35 bits per heavy atom. The van der Waals surface area contributed by atoms with Crippen LogP contribution in [-0.2, 0) is 6.42 Å². The van der Waals surface area contributed by atoms with Crippen LogP contribution >= 0.6 is 0 Å². The average Bonchev–Trinajstić information content (AvgIpc) is 2.84. The SMILES string of the molecule is COc1ccc(C(=O)[C@H](Cc2ccccc2C)c2ccc(-c3ccccc3)cc2)cc1. The number of methoxy groups -OCH3 is 1. The molecule has 154 valence electrons. The summed E-state index contributed by atoms with van der Waals surface area (Å²) in [4.78, 5) is 13.6. The van der Waals surface area contributed by atoms with Crippen LogP contribution in [0.15, 0.2) is 103 Å². The molecule has 0 aliphatic heterocycles. The van der Waals surface area contributed by atoms with Gasteiger partial charge in [-0.05, 0) is 65.4 Å². The summed E-state index contributed by atoms with van der Waals surface area (Å²) in [6.07, 6.45) is 0.669. The second kappa shape index (κ2) is 9.44. The zero-order chi connectivity index (χ0) is 21.6. The summed E-state index contributed by atoms with van der Waals surface area (Å²) in [6.45, 7) is 2.10. The summed E-state index contributed by atoms with van der Waals surface area (Å²) in [5, 5.41) is 0. The fourth-order valence-electron chi connectivity index (χ4n) is 3.92. The van der Waals surface area contributed by atoms with Crippen molar-refractivity contribution >= 4 is 5.78 Å². The Kier molecular flexibility index (Phi) is 6.28. The van der Waals surface area contributed by atoms with Gasteiger partial charge in [0.15, 0.2) is 5.78 Å². The van der Waals surface area contributed by atoms with Crippen molar-refractivity contribution in [2.75, 3.05) is 7.11 Å². The van der Waals surface area contributed by atoms with Gasteiger partial charge in [0.2, 0.25) is 0 Å². The highest BCUT2D eigenvalue weighted by Crippen LogP contribution is 2.29. The molecule has 0 radical (unpaired) electrons. The van der Waals surface area contributed by atoms with E-state index < -0.39 is 0 Å². The Hall–Kier alpha value is -3.65. The average molecular weight is 407 g/mol. The maximum Gasteiger partial charge on any atom is 0.170 e. The monoisotopic (exact) mass is 406 g/mol. The molecule has 0 N–H and O–H groups in total. The predicted octanol–water partition coefficient (Wildman–Crippen LogP) is 6.88. The van der Waals surface area contributed by atoms with E-state index in [1.807, 2.05) is 54.6 Å². The van der Waals surface area contributed by atoms with E-state index in [-0.39, 0.29) is 11.7 Å². The molecular weight excluding hydrogens is 380 g/mol. The van der Waals surface area contributed by atoms with Gasteiger partial charge in [0.1, 0.15) is 5.75 Å². The maximum atomic E-state index is 13.6. The molecule has 0 saturated carbocycles. The number of rotatable bonds is 7. The number of Topliss-reactive ketones (excluding diaryl/α,β-unsaturated/α-hetero) is 1. The lowest BCUT2D eigenvalue weighted by molar-refractivity contribution is 0.0959. The summed E-state index contributed by atoms with van der Waals surface area (Å²) in [5.41, 5.74) is 6.45. The highest BCUT2D eigenvalue weighted by atomic mass is 16.5. The van der Waals surface area contributed by atoms with Gasteiger partial charge in [-0.2, -0.15) is 0 Å². The molecule has 4 aromatic rings. The third-order valence-electron chi connectivity index (χ3n) is 5.80. The summed E-state index contributed by atoms with van der Waals surface area (Å²) >= 11 is 0. The fourth-order valence-corrected chi connectivity index (χ4v) is 3.92. The number of ketones is 1. The Labute approximate surface area is 184 Å². The topological polar surface area (TPSA) is 26.3 Å². The molecule has 2 nitrogen and oxygen atoms in total. The minimum atomic E-state index is -0.251. The smallest absolute Gasteiger partial charge is 0.170 e. The minimum Gasteiger partial charge on any atom is -0.497 e. The molecular formula is C29H26O2. The largest absolute Gasteiger partial charge is 0.497 e. The van der Waals surface area contributed by atoms with Gasteiger partial charge < -0.3 is 4.74 Å². The molecule has 0 heterocycles. The lowest BCUT2D eigenvalue weighted by atomic mass is 9.84. The summed E-state index contributed by atoms with van der Waals surface area (Å²) < 4.78 is 5.25. The normalized spacial score (nSPS) is 11.7. The quantitative estimate of drug-likeness (QED) is 0.313. The van der Waals surface area contributed by atoms with E-state index >= 15 is 0 Å². The molecule has 1 atom stereocenters. The third-order valence-corrected chi connectivity index (χ3v) is 5.80. The van der Waals surface area contributed by atoms with E-state index in [0.717, 1.165) is 16.9 Å². The van der Waals surface area contributed by atoms with Crippen molar-refractivity contribution in [2.24, 2.45) is 0 Å². The van der Waals surface area contributed by atoms with Crippen molar-refractivity contribution in [2.45, 2.75) is 19.3 Å². The molecule has 0 spiro atoms. The van der Waals surface area contributed by atoms with Crippen LogP contribution < -0.4 is 4.74 Å². The van der Waals surface area contributed by atoms with Crippen molar-refractivity contribution in [3.05, 3.63) is 125 Å². The first-order valence-corrected chi connectivity index (χ1v) is 10.5. The lowest BCUT2D eigenvalue weighted by Crippen LogP contribution is -2.16. The lowest BCUT2D eigenvalue weighted by Gasteiger charge is -2.19. The molecule has 0 unspecified atom stereocenters. The number of benzene rings is 4. The van der Waals surface area contributed by atoms with Gasteiger partial charge in [0.05, 0.1) is 13.0 Å². The van der Waals surface area contributed by atoms with E-state index in [1.165, 1.54) is 16.7 Å². The molecule has 4 rings (SSSR count). The van der Waals surface area contributed by atoms with Crippen LogP contribution in [0.4, 0.5) is 0 Å². The first-order valence-electron chi connectivity index (χ1n) is 10.5. The second-order valence-electron chi connectivity index (χ2n) is 7.76. The molecule has 0 aliphatic rings. The van der Waals surface area contributed by atoms with Crippen LogP contribution in [0, 0.1) is 6.92 Å². The van der Waals surface area contributed by atoms with Gasteiger partial charge in [0, 0.05) is 5.56 Å². The van der Waals surface area contributed by atoms with Crippen LogP contribution in [-0.4, -0.2) is 12.9 Å². The molecule has 4 aromatic carbocycles. The summed E-state index contributed by atoms with van der Waals surface area (Å²) in [5.74, 6) is 0.622. The van der Waals surface area contributed by atoms with Gasteiger partial charge in [0.25, 0.3) is 0 Å². The standard InChI is InChI=1S/C29H26O2/c1-21-8-6-7-11-26(21)20-28(29(30)25-16-18-27(31-2)19-17-25)24-14-12-23(13-15-24)22-9-4-3-5-10-22/h3-19,28H,20H2,1-2H3/t28-/m1/s1. The van der Waals surface area contributed by atoms with Crippen molar-refractivity contribution in [1.82, 2.24) is 0 Å². The molecule has 0 aromatic heterocycles. The molecule has 0 aliphatic carbocycles. The molecule has 0 fully saturated rings. The molecule has 2 heteroatoms.